The number of aryl methyl sites for hydroxylation is 1. The summed E-state index contributed by atoms with van der Waals surface area (Å²) in [5, 5.41) is 2.89. The maximum absolute atomic E-state index is 11.6. The Bertz CT molecular complexity index is 588. The molecule has 5 nitrogen and oxygen atoms in total. The molecule has 0 aromatic heterocycles. The summed E-state index contributed by atoms with van der Waals surface area (Å²) in [4.78, 5) is 16.6. The van der Waals surface area contributed by atoms with Crippen molar-refractivity contribution in [3.8, 4) is 0 Å². The van der Waals surface area contributed by atoms with Crippen LogP contribution in [0.1, 0.15) is 18.4 Å². The van der Waals surface area contributed by atoms with Crippen LogP contribution in [0, 0.1) is 6.92 Å². The molecule has 0 unspecified atom stereocenters. The van der Waals surface area contributed by atoms with Crippen LogP contribution < -0.4 is 10.2 Å². The summed E-state index contributed by atoms with van der Waals surface area (Å²) in [6.07, 6.45) is 3.67. The fraction of sp³-hybridized carbons (Fsp3) is 0.526. The number of benzene rings is 1. The molecule has 0 saturated carbocycles. The van der Waals surface area contributed by atoms with Crippen molar-refractivity contribution in [1.29, 1.82) is 0 Å². The van der Waals surface area contributed by atoms with Gasteiger partial charge in [0.05, 0.1) is 13.2 Å². The summed E-state index contributed by atoms with van der Waals surface area (Å²) in [6, 6.07) is 6.97. The Morgan fingerprint density at radius 3 is 2.62 bits per heavy atom. The maximum Gasteiger partial charge on any atom is 0.247 e. The molecular formula is C19H27N3O2. The highest BCUT2D eigenvalue weighted by Crippen LogP contribution is 2.27. The Morgan fingerprint density at radius 1 is 1.25 bits per heavy atom. The highest BCUT2D eigenvalue weighted by atomic mass is 16.5. The molecule has 1 aromatic rings. The minimum absolute atomic E-state index is 0.165. The lowest BCUT2D eigenvalue weighted by molar-refractivity contribution is -0.111. The zero-order valence-electron chi connectivity index (χ0n) is 14.5. The van der Waals surface area contributed by atoms with E-state index >= 15 is 0 Å². The average molecular weight is 329 g/mol. The van der Waals surface area contributed by atoms with Crippen LogP contribution in [-0.4, -0.2) is 56.2 Å². The molecule has 2 fully saturated rings. The summed E-state index contributed by atoms with van der Waals surface area (Å²) < 4.78 is 5.45. The second-order valence-corrected chi connectivity index (χ2v) is 6.56. The van der Waals surface area contributed by atoms with Crippen LogP contribution in [0.2, 0.25) is 0 Å². The van der Waals surface area contributed by atoms with Gasteiger partial charge in [0.2, 0.25) is 5.91 Å². The molecule has 0 spiro atoms. The fourth-order valence-electron chi connectivity index (χ4n) is 3.56. The van der Waals surface area contributed by atoms with Crippen LogP contribution in [0.4, 0.5) is 11.4 Å². The Morgan fingerprint density at radius 2 is 1.96 bits per heavy atom. The number of amides is 1. The van der Waals surface area contributed by atoms with Crippen LogP contribution in [0.25, 0.3) is 0 Å². The molecule has 2 aliphatic rings. The predicted molar refractivity (Wildman–Crippen MR) is 97.6 cm³/mol. The van der Waals surface area contributed by atoms with E-state index in [0.717, 1.165) is 50.6 Å². The van der Waals surface area contributed by atoms with Crippen molar-refractivity contribution >= 4 is 17.3 Å². The number of hydrogen-bond acceptors (Lipinski definition) is 4. The van der Waals surface area contributed by atoms with Gasteiger partial charge >= 0.3 is 0 Å². The molecule has 1 N–H and O–H groups in total. The second kappa shape index (κ2) is 7.81. The van der Waals surface area contributed by atoms with E-state index in [2.05, 4.69) is 39.9 Å². The summed E-state index contributed by atoms with van der Waals surface area (Å²) in [5.41, 5.74) is 3.12. The maximum atomic E-state index is 11.6. The number of carbonyl (C=O) groups excluding carboxylic acids is 1. The highest BCUT2D eigenvalue weighted by Gasteiger charge is 2.26. The molecule has 1 amide bonds. The third kappa shape index (κ3) is 3.97. The number of carbonyl (C=O) groups is 1. The summed E-state index contributed by atoms with van der Waals surface area (Å²) in [6.45, 7) is 11.5. The third-order valence-corrected chi connectivity index (χ3v) is 5.06. The van der Waals surface area contributed by atoms with Gasteiger partial charge in [0, 0.05) is 43.6 Å². The topological polar surface area (TPSA) is 44.8 Å². The molecule has 0 aliphatic carbocycles. The van der Waals surface area contributed by atoms with Crippen molar-refractivity contribution in [3.63, 3.8) is 0 Å². The lowest BCUT2D eigenvalue weighted by Crippen LogP contribution is -2.49. The molecule has 2 aliphatic heterocycles. The molecular weight excluding hydrogens is 302 g/mol. The predicted octanol–water partition coefficient (Wildman–Crippen LogP) is 2.42. The van der Waals surface area contributed by atoms with E-state index in [0.29, 0.717) is 6.04 Å². The van der Waals surface area contributed by atoms with Gasteiger partial charge in [-0.25, -0.2) is 0 Å². The third-order valence-electron chi connectivity index (χ3n) is 5.06. The number of nitrogens with zero attached hydrogens (tertiary/aromatic N) is 2. The minimum atomic E-state index is -0.165. The average Bonchev–Trinajstić information content (AvgIpc) is 2.64. The van der Waals surface area contributed by atoms with Gasteiger partial charge in [-0.2, -0.15) is 0 Å². The second-order valence-electron chi connectivity index (χ2n) is 6.56. The van der Waals surface area contributed by atoms with E-state index in [1.54, 1.807) is 0 Å². The first-order valence-corrected chi connectivity index (χ1v) is 8.78. The van der Waals surface area contributed by atoms with Gasteiger partial charge in [-0.15, -0.1) is 0 Å². The fourth-order valence-corrected chi connectivity index (χ4v) is 3.56. The normalized spacial score (nSPS) is 20.0. The molecule has 2 heterocycles. The van der Waals surface area contributed by atoms with Crippen molar-refractivity contribution in [2.24, 2.45) is 0 Å². The number of hydrogen-bond donors (Lipinski definition) is 1. The molecule has 0 radical (unpaired) electrons. The molecule has 2 saturated heterocycles. The van der Waals surface area contributed by atoms with Crippen LogP contribution in [0.3, 0.4) is 0 Å². The first-order valence-electron chi connectivity index (χ1n) is 8.78. The Kier molecular flexibility index (Phi) is 5.53. The number of anilines is 2. The largest absolute Gasteiger partial charge is 0.379 e. The standard InChI is InChI=1S/C19H27N3O2/c1-3-19(23)20-18-14-17(5-4-15(18)2)21-8-6-16(7-9-21)22-10-12-24-13-11-22/h3-5,14,16H,1,6-13H2,2H3,(H,20,23). The highest BCUT2D eigenvalue weighted by molar-refractivity contribution is 5.99. The number of rotatable bonds is 4. The lowest BCUT2D eigenvalue weighted by Gasteiger charge is -2.41. The Labute approximate surface area is 144 Å². The van der Waals surface area contributed by atoms with E-state index in [9.17, 15) is 4.79 Å². The van der Waals surface area contributed by atoms with Crippen molar-refractivity contribution in [1.82, 2.24) is 4.90 Å². The van der Waals surface area contributed by atoms with Gasteiger partial charge in [0.1, 0.15) is 0 Å². The molecule has 3 rings (SSSR count). The minimum Gasteiger partial charge on any atom is -0.379 e. The quantitative estimate of drug-likeness (QED) is 0.862. The van der Waals surface area contributed by atoms with Gasteiger partial charge in [-0.3, -0.25) is 9.69 Å². The van der Waals surface area contributed by atoms with Crippen LogP contribution >= 0.6 is 0 Å². The molecule has 0 atom stereocenters. The van der Waals surface area contributed by atoms with Crippen molar-refractivity contribution in [2.75, 3.05) is 49.6 Å². The summed E-state index contributed by atoms with van der Waals surface area (Å²) >= 11 is 0. The van der Waals surface area contributed by atoms with E-state index in [1.807, 2.05) is 6.92 Å². The van der Waals surface area contributed by atoms with E-state index in [1.165, 1.54) is 24.6 Å². The number of ether oxygens (including phenoxy) is 1. The van der Waals surface area contributed by atoms with Gasteiger partial charge < -0.3 is 15.0 Å². The number of nitrogens with one attached hydrogen (secondary N) is 1. The van der Waals surface area contributed by atoms with E-state index in [4.69, 9.17) is 4.74 Å². The smallest absolute Gasteiger partial charge is 0.247 e. The van der Waals surface area contributed by atoms with E-state index < -0.39 is 0 Å². The number of morpholine rings is 1. The summed E-state index contributed by atoms with van der Waals surface area (Å²) in [7, 11) is 0. The van der Waals surface area contributed by atoms with Gasteiger partial charge in [0.25, 0.3) is 0 Å². The monoisotopic (exact) mass is 329 g/mol. The summed E-state index contributed by atoms with van der Waals surface area (Å²) in [5.74, 6) is -0.165. The van der Waals surface area contributed by atoms with Gasteiger partial charge in [-0.1, -0.05) is 12.6 Å². The van der Waals surface area contributed by atoms with Crippen molar-refractivity contribution in [2.45, 2.75) is 25.8 Å². The Hall–Kier alpha value is -1.85. The molecule has 0 bridgehead atoms. The van der Waals surface area contributed by atoms with Gasteiger partial charge in [0.15, 0.2) is 0 Å². The first kappa shape index (κ1) is 17.0. The Balaban J connectivity index is 1.62. The molecule has 5 heteroatoms. The van der Waals surface area contributed by atoms with Crippen molar-refractivity contribution < 1.29 is 9.53 Å². The van der Waals surface area contributed by atoms with Crippen LogP contribution in [-0.2, 0) is 9.53 Å². The van der Waals surface area contributed by atoms with Crippen LogP contribution in [0.5, 0.6) is 0 Å². The van der Waals surface area contributed by atoms with E-state index in [-0.39, 0.29) is 5.91 Å². The molecule has 1 aromatic carbocycles. The van der Waals surface area contributed by atoms with Crippen LogP contribution in [0.15, 0.2) is 30.9 Å². The van der Waals surface area contributed by atoms with Crippen molar-refractivity contribution in [3.05, 3.63) is 36.4 Å². The van der Waals surface area contributed by atoms with Gasteiger partial charge in [-0.05, 0) is 43.5 Å². The SMILES string of the molecule is C=CC(=O)Nc1cc(N2CCC(N3CCOCC3)CC2)ccc1C. The molecule has 24 heavy (non-hydrogen) atoms. The zero-order valence-corrected chi connectivity index (χ0v) is 14.5. The first-order chi connectivity index (χ1) is 11.7. The lowest BCUT2D eigenvalue weighted by atomic mass is 10.0. The zero-order chi connectivity index (χ0) is 16.9. The number of piperidine rings is 1. The molecule has 130 valence electrons.